The Labute approximate surface area is 178 Å². The Hall–Kier alpha value is -2.02. The molecule has 8 heteroatoms. The van der Waals surface area contributed by atoms with Crippen LogP contribution in [0.3, 0.4) is 0 Å². The van der Waals surface area contributed by atoms with Crippen LogP contribution in [0.15, 0.2) is 47.6 Å². The topological polar surface area (TPSA) is 59.8 Å². The van der Waals surface area contributed by atoms with Crippen LogP contribution in [0.5, 0.6) is 0 Å². The Morgan fingerprint density at radius 1 is 1.21 bits per heavy atom. The third-order valence-corrected chi connectivity index (χ3v) is 6.02. The molecule has 3 aromatic rings. The van der Waals surface area contributed by atoms with Gasteiger partial charge in [-0.15, -0.1) is 10.2 Å². The average molecular weight is 435 g/mol. The summed E-state index contributed by atoms with van der Waals surface area (Å²) >= 11 is 13.7. The van der Waals surface area contributed by atoms with Crippen molar-refractivity contribution in [3.63, 3.8) is 0 Å². The number of aromatic nitrogens is 3. The van der Waals surface area contributed by atoms with Gasteiger partial charge in [-0.05, 0) is 43.2 Å². The van der Waals surface area contributed by atoms with Crippen molar-refractivity contribution < 1.29 is 4.79 Å². The molecule has 0 bridgehead atoms. The van der Waals surface area contributed by atoms with Crippen LogP contribution < -0.4 is 5.32 Å². The van der Waals surface area contributed by atoms with Gasteiger partial charge in [0.25, 0.3) is 5.91 Å². The van der Waals surface area contributed by atoms with Gasteiger partial charge in [0.15, 0.2) is 11.0 Å². The Balaban J connectivity index is 1.68. The fourth-order valence-electron chi connectivity index (χ4n) is 2.78. The van der Waals surface area contributed by atoms with Crippen LogP contribution in [0.4, 0.5) is 0 Å². The molecule has 0 aliphatic rings. The Morgan fingerprint density at radius 2 is 1.96 bits per heavy atom. The van der Waals surface area contributed by atoms with E-state index < -0.39 is 0 Å². The molecule has 1 amide bonds. The maximum atomic E-state index is 12.5. The van der Waals surface area contributed by atoms with E-state index in [9.17, 15) is 4.79 Å². The number of nitrogens with one attached hydrogen (secondary N) is 1. The molecule has 1 unspecified atom stereocenters. The minimum Gasteiger partial charge on any atom is -0.342 e. The van der Waals surface area contributed by atoms with Crippen LogP contribution in [-0.2, 0) is 12.8 Å². The number of amides is 1. The van der Waals surface area contributed by atoms with E-state index in [0.717, 1.165) is 16.3 Å². The van der Waals surface area contributed by atoms with Gasteiger partial charge in [-0.3, -0.25) is 4.79 Å². The molecular weight excluding hydrogens is 415 g/mol. The molecule has 146 valence electrons. The van der Waals surface area contributed by atoms with Gasteiger partial charge in [0, 0.05) is 28.4 Å². The van der Waals surface area contributed by atoms with Gasteiger partial charge in [-0.1, -0.05) is 59.2 Å². The van der Waals surface area contributed by atoms with Crippen molar-refractivity contribution in [1.29, 1.82) is 0 Å². The minimum absolute atomic E-state index is 0.129. The third kappa shape index (κ3) is 4.69. The van der Waals surface area contributed by atoms with Gasteiger partial charge in [0.1, 0.15) is 0 Å². The number of nitrogens with zero attached hydrogens (tertiary/aromatic N) is 3. The van der Waals surface area contributed by atoms with E-state index >= 15 is 0 Å². The molecule has 1 heterocycles. The third-order valence-electron chi connectivity index (χ3n) is 4.37. The summed E-state index contributed by atoms with van der Waals surface area (Å²) in [4.78, 5) is 12.5. The molecule has 1 aromatic heterocycles. The Bertz CT molecular complexity index is 1010. The first kappa shape index (κ1) is 20.7. The zero-order chi connectivity index (χ0) is 20.3. The first-order valence-corrected chi connectivity index (χ1v) is 10.4. The summed E-state index contributed by atoms with van der Waals surface area (Å²) in [6, 6.07) is 12.7. The largest absolute Gasteiger partial charge is 0.342 e. The van der Waals surface area contributed by atoms with Crippen molar-refractivity contribution in [1.82, 2.24) is 20.1 Å². The van der Waals surface area contributed by atoms with E-state index in [2.05, 4.69) is 15.5 Å². The summed E-state index contributed by atoms with van der Waals surface area (Å²) in [5.41, 5.74) is 2.56. The summed E-state index contributed by atoms with van der Waals surface area (Å²) in [6.07, 6.45) is 0. The zero-order valence-corrected chi connectivity index (χ0v) is 18.1. The molecule has 0 spiro atoms. The number of halogens is 2. The van der Waals surface area contributed by atoms with E-state index in [1.807, 2.05) is 61.9 Å². The molecule has 2 aromatic carbocycles. The summed E-state index contributed by atoms with van der Waals surface area (Å²) in [6.45, 7) is 3.81. The first-order chi connectivity index (χ1) is 13.4. The van der Waals surface area contributed by atoms with Crippen molar-refractivity contribution in [2.75, 3.05) is 0 Å². The van der Waals surface area contributed by atoms with E-state index in [4.69, 9.17) is 23.2 Å². The number of thioether (sulfide) groups is 1. The summed E-state index contributed by atoms with van der Waals surface area (Å²) in [5, 5.41) is 13.5. The number of hydrogen-bond donors (Lipinski definition) is 1. The lowest BCUT2D eigenvalue weighted by molar-refractivity contribution is 0.0937. The molecular formula is C20H20Cl2N4OS. The van der Waals surface area contributed by atoms with Crippen LogP contribution >= 0.6 is 35.0 Å². The lowest BCUT2D eigenvalue weighted by Crippen LogP contribution is -2.29. The molecule has 0 radical (unpaired) electrons. The fraction of sp³-hybridized carbons (Fsp3) is 0.250. The normalized spacial score (nSPS) is 12.0. The lowest BCUT2D eigenvalue weighted by Gasteiger charge is -2.14. The van der Waals surface area contributed by atoms with Gasteiger partial charge >= 0.3 is 0 Å². The molecule has 0 aliphatic heterocycles. The van der Waals surface area contributed by atoms with Crippen LogP contribution in [-0.4, -0.2) is 20.7 Å². The summed E-state index contributed by atoms with van der Waals surface area (Å²) in [5.74, 6) is 1.20. The van der Waals surface area contributed by atoms with Gasteiger partial charge in [-0.25, -0.2) is 0 Å². The number of benzene rings is 2. The first-order valence-electron chi connectivity index (χ1n) is 8.69. The highest BCUT2D eigenvalue weighted by Crippen LogP contribution is 2.28. The monoisotopic (exact) mass is 434 g/mol. The Morgan fingerprint density at radius 3 is 2.68 bits per heavy atom. The standard InChI is InChI=1S/C20H20Cl2N4OS/c1-12-6-4-5-7-16(12)19(27)23-13(2)18-24-25-20(26(18)3)28-11-14-8-9-15(21)10-17(14)22/h4-10,13H,11H2,1-3H3,(H,23,27). The van der Waals surface area contributed by atoms with Gasteiger partial charge in [0.2, 0.25) is 0 Å². The molecule has 3 rings (SSSR count). The van der Waals surface area contributed by atoms with Gasteiger partial charge in [-0.2, -0.15) is 0 Å². The highest BCUT2D eigenvalue weighted by molar-refractivity contribution is 7.98. The van der Waals surface area contributed by atoms with Crippen molar-refractivity contribution in [2.24, 2.45) is 7.05 Å². The number of rotatable bonds is 6. The average Bonchev–Trinajstić information content (AvgIpc) is 3.02. The molecule has 1 atom stereocenters. The van der Waals surface area contributed by atoms with Crippen LogP contribution in [0.2, 0.25) is 10.0 Å². The van der Waals surface area contributed by atoms with Crippen molar-refractivity contribution in [2.45, 2.75) is 30.8 Å². The highest BCUT2D eigenvalue weighted by Gasteiger charge is 2.19. The van der Waals surface area contributed by atoms with E-state index in [-0.39, 0.29) is 11.9 Å². The molecule has 0 saturated heterocycles. The quantitative estimate of drug-likeness (QED) is 0.540. The van der Waals surface area contributed by atoms with Crippen LogP contribution in [0.1, 0.15) is 40.3 Å². The fourth-order valence-corrected chi connectivity index (χ4v) is 4.25. The van der Waals surface area contributed by atoms with Crippen molar-refractivity contribution >= 4 is 40.9 Å². The molecule has 28 heavy (non-hydrogen) atoms. The lowest BCUT2D eigenvalue weighted by atomic mass is 10.1. The predicted octanol–water partition coefficient (Wildman–Crippen LogP) is 5.21. The second-order valence-corrected chi connectivity index (χ2v) is 8.22. The molecule has 0 saturated carbocycles. The second kappa shape index (κ2) is 8.99. The highest BCUT2D eigenvalue weighted by atomic mass is 35.5. The minimum atomic E-state index is -0.280. The number of hydrogen-bond acceptors (Lipinski definition) is 4. The molecule has 0 aliphatic carbocycles. The maximum absolute atomic E-state index is 12.5. The number of carbonyl (C=O) groups is 1. The number of aryl methyl sites for hydroxylation is 1. The predicted molar refractivity (Wildman–Crippen MR) is 114 cm³/mol. The second-order valence-electron chi connectivity index (χ2n) is 6.43. The zero-order valence-electron chi connectivity index (χ0n) is 15.7. The number of carbonyl (C=O) groups excluding carboxylic acids is 1. The van der Waals surface area contributed by atoms with Crippen molar-refractivity contribution in [3.8, 4) is 0 Å². The maximum Gasteiger partial charge on any atom is 0.252 e. The van der Waals surface area contributed by atoms with Gasteiger partial charge < -0.3 is 9.88 Å². The van der Waals surface area contributed by atoms with E-state index in [0.29, 0.717) is 27.2 Å². The molecule has 0 fully saturated rings. The van der Waals surface area contributed by atoms with Gasteiger partial charge in [0.05, 0.1) is 6.04 Å². The Kier molecular flexibility index (Phi) is 6.65. The van der Waals surface area contributed by atoms with E-state index in [1.54, 1.807) is 6.07 Å². The van der Waals surface area contributed by atoms with Crippen molar-refractivity contribution in [3.05, 3.63) is 75.0 Å². The summed E-state index contributed by atoms with van der Waals surface area (Å²) < 4.78 is 1.89. The smallest absolute Gasteiger partial charge is 0.252 e. The summed E-state index contributed by atoms with van der Waals surface area (Å²) in [7, 11) is 1.89. The molecule has 1 N–H and O–H groups in total. The molecule has 5 nitrogen and oxygen atoms in total. The van der Waals surface area contributed by atoms with Crippen LogP contribution in [0, 0.1) is 6.92 Å². The SMILES string of the molecule is Cc1ccccc1C(=O)NC(C)c1nnc(SCc2ccc(Cl)cc2Cl)n1C. The van der Waals surface area contributed by atoms with Crippen LogP contribution in [0.25, 0.3) is 0 Å². The van der Waals surface area contributed by atoms with E-state index in [1.165, 1.54) is 11.8 Å².